The summed E-state index contributed by atoms with van der Waals surface area (Å²) in [6, 6.07) is 0. The molecular weight excluding hydrogens is 252 g/mol. The van der Waals surface area contributed by atoms with E-state index in [9.17, 15) is 14.7 Å². The van der Waals surface area contributed by atoms with Gasteiger partial charge in [-0.05, 0) is 20.8 Å². The highest BCUT2D eigenvalue weighted by Gasteiger charge is 2.19. The van der Waals surface area contributed by atoms with Gasteiger partial charge in [-0.25, -0.2) is 0 Å². The third-order valence-electron chi connectivity index (χ3n) is 2.58. The fraction of sp³-hybridized carbons (Fsp3) is 0.667. The lowest BCUT2D eigenvalue weighted by Gasteiger charge is -2.25. The maximum absolute atomic E-state index is 11.8. The second-order valence-corrected chi connectivity index (χ2v) is 5.93. The minimum absolute atomic E-state index is 0.0366. The Morgan fingerprint density at radius 1 is 1.56 bits per heavy atom. The van der Waals surface area contributed by atoms with Crippen LogP contribution in [0.4, 0.5) is 0 Å². The molecule has 1 aromatic rings. The van der Waals surface area contributed by atoms with Gasteiger partial charge in [-0.1, -0.05) is 11.3 Å². The molecule has 0 spiro atoms. The highest BCUT2D eigenvalue weighted by molar-refractivity contribution is 7.07. The molecule has 0 fully saturated rings. The number of rotatable bonds is 5. The first-order chi connectivity index (χ1) is 8.20. The summed E-state index contributed by atoms with van der Waals surface area (Å²) in [6.45, 7) is 5.84. The number of aliphatic hydroxyl groups is 1. The quantitative estimate of drug-likeness (QED) is 0.864. The van der Waals surface area contributed by atoms with Crippen molar-refractivity contribution in [3.63, 3.8) is 0 Å². The van der Waals surface area contributed by atoms with Gasteiger partial charge >= 0.3 is 4.87 Å². The van der Waals surface area contributed by atoms with Crippen molar-refractivity contribution >= 4 is 17.2 Å². The lowest BCUT2D eigenvalue weighted by molar-refractivity contribution is -0.132. The molecule has 1 N–H and O–H groups in total. The highest BCUT2D eigenvalue weighted by atomic mass is 32.1. The van der Waals surface area contributed by atoms with E-state index < -0.39 is 5.60 Å². The largest absolute Gasteiger partial charge is 0.389 e. The van der Waals surface area contributed by atoms with Crippen LogP contribution in [0.15, 0.2) is 10.2 Å². The van der Waals surface area contributed by atoms with Crippen molar-refractivity contribution in [2.24, 2.45) is 0 Å². The number of amides is 1. The number of carbonyl (C=O) groups excluding carboxylic acids is 1. The fourth-order valence-electron chi connectivity index (χ4n) is 1.74. The number of nitrogens with zero attached hydrogens (tertiary/aromatic N) is 2. The average molecular weight is 272 g/mol. The van der Waals surface area contributed by atoms with E-state index in [0.29, 0.717) is 6.54 Å². The van der Waals surface area contributed by atoms with Gasteiger partial charge in [0.05, 0.1) is 5.60 Å². The monoisotopic (exact) mass is 272 g/mol. The molecule has 1 heterocycles. The summed E-state index contributed by atoms with van der Waals surface area (Å²) in [5.41, 5.74) is -0.0255. The first-order valence-corrected chi connectivity index (χ1v) is 6.70. The minimum Gasteiger partial charge on any atom is -0.389 e. The van der Waals surface area contributed by atoms with E-state index in [2.05, 4.69) is 0 Å². The third kappa shape index (κ3) is 4.27. The Kier molecular flexibility index (Phi) is 4.70. The maximum atomic E-state index is 11.8. The lowest BCUT2D eigenvalue weighted by atomic mass is 10.1. The summed E-state index contributed by atoms with van der Waals surface area (Å²) in [6.07, 6.45) is 0.268. The van der Waals surface area contributed by atoms with E-state index in [4.69, 9.17) is 0 Å². The van der Waals surface area contributed by atoms with Gasteiger partial charge in [0.15, 0.2) is 0 Å². The van der Waals surface area contributed by atoms with Crippen LogP contribution in [-0.4, -0.2) is 39.7 Å². The average Bonchev–Trinajstić information content (AvgIpc) is 2.53. The van der Waals surface area contributed by atoms with Crippen LogP contribution in [0.3, 0.4) is 0 Å². The zero-order chi connectivity index (χ0) is 13.9. The third-order valence-corrected chi connectivity index (χ3v) is 3.46. The molecule has 1 amide bonds. The first-order valence-electron chi connectivity index (χ1n) is 5.82. The van der Waals surface area contributed by atoms with Crippen LogP contribution in [0, 0.1) is 6.92 Å². The molecule has 1 aromatic heterocycles. The Labute approximate surface area is 111 Å². The van der Waals surface area contributed by atoms with Gasteiger partial charge in [0.2, 0.25) is 5.91 Å². The molecule has 5 nitrogen and oxygen atoms in total. The van der Waals surface area contributed by atoms with Gasteiger partial charge in [-0.2, -0.15) is 0 Å². The van der Waals surface area contributed by atoms with Crippen LogP contribution in [0.1, 0.15) is 26.0 Å². The van der Waals surface area contributed by atoms with Gasteiger partial charge in [0.25, 0.3) is 0 Å². The van der Waals surface area contributed by atoms with Crippen molar-refractivity contribution < 1.29 is 9.90 Å². The Hall–Kier alpha value is -1.14. The maximum Gasteiger partial charge on any atom is 0.307 e. The molecule has 0 aliphatic carbocycles. The second-order valence-electron chi connectivity index (χ2n) is 5.11. The summed E-state index contributed by atoms with van der Waals surface area (Å²) in [5.74, 6) is -0.0744. The molecule has 0 saturated heterocycles. The SMILES string of the molecule is Cc1csc(=O)n1CCC(=O)N(C)CC(C)(C)O. The summed E-state index contributed by atoms with van der Waals surface area (Å²) >= 11 is 1.14. The van der Waals surface area contributed by atoms with Crippen LogP contribution in [0.25, 0.3) is 0 Å². The summed E-state index contributed by atoms with van der Waals surface area (Å²) in [7, 11) is 1.66. The van der Waals surface area contributed by atoms with Gasteiger partial charge in [0.1, 0.15) is 0 Å². The normalized spacial score (nSPS) is 11.6. The van der Waals surface area contributed by atoms with Crippen molar-refractivity contribution in [2.45, 2.75) is 39.3 Å². The van der Waals surface area contributed by atoms with Crippen LogP contribution in [-0.2, 0) is 11.3 Å². The Morgan fingerprint density at radius 3 is 2.61 bits per heavy atom. The molecule has 0 radical (unpaired) electrons. The number of aryl methyl sites for hydroxylation is 1. The zero-order valence-electron chi connectivity index (χ0n) is 11.3. The molecule has 102 valence electrons. The number of carbonyl (C=O) groups is 1. The van der Waals surface area contributed by atoms with E-state index in [1.54, 1.807) is 30.8 Å². The predicted molar refractivity (Wildman–Crippen MR) is 71.9 cm³/mol. The molecule has 18 heavy (non-hydrogen) atoms. The second kappa shape index (κ2) is 5.67. The molecule has 0 bridgehead atoms. The summed E-state index contributed by atoms with van der Waals surface area (Å²) < 4.78 is 1.60. The van der Waals surface area contributed by atoms with E-state index in [-0.39, 0.29) is 23.7 Å². The van der Waals surface area contributed by atoms with Crippen molar-refractivity contribution in [1.82, 2.24) is 9.47 Å². The Morgan fingerprint density at radius 2 is 2.17 bits per heavy atom. The summed E-state index contributed by atoms with van der Waals surface area (Å²) in [5, 5.41) is 11.4. The molecule has 0 aliphatic heterocycles. The van der Waals surface area contributed by atoms with Gasteiger partial charge in [-0.3, -0.25) is 9.59 Å². The molecule has 0 saturated carbocycles. The Bertz CT molecular complexity index is 470. The van der Waals surface area contributed by atoms with Crippen LogP contribution >= 0.6 is 11.3 Å². The number of thiazole rings is 1. The molecule has 6 heteroatoms. The van der Waals surface area contributed by atoms with Gasteiger partial charge < -0.3 is 14.6 Å². The molecular formula is C12H20N2O3S. The molecule has 0 unspecified atom stereocenters. The smallest absolute Gasteiger partial charge is 0.307 e. The fourth-order valence-corrected chi connectivity index (χ4v) is 2.50. The van der Waals surface area contributed by atoms with Gasteiger partial charge in [-0.15, -0.1) is 0 Å². The number of hydrogen-bond donors (Lipinski definition) is 1. The highest BCUT2D eigenvalue weighted by Crippen LogP contribution is 2.06. The van der Waals surface area contributed by atoms with Gasteiger partial charge in [0, 0.05) is 37.6 Å². The zero-order valence-corrected chi connectivity index (χ0v) is 12.1. The van der Waals surface area contributed by atoms with E-state index in [1.807, 2.05) is 6.92 Å². The van der Waals surface area contributed by atoms with Crippen LogP contribution < -0.4 is 4.87 Å². The van der Waals surface area contributed by atoms with Crippen molar-refractivity contribution in [3.05, 3.63) is 20.7 Å². The van der Waals surface area contributed by atoms with Crippen molar-refractivity contribution in [1.29, 1.82) is 0 Å². The Balaban J connectivity index is 2.54. The van der Waals surface area contributed by atoms with E-state index >= 15 is 0 Å². The van der Waals surface area contributed by atoms with Crippen molar-refractivity contribution in [3.8, 4) is 0 Å². The molecule has 0 aliphatic rings. The number of likely N-dealkylation sites (N-methyl/N-ethyl adjacent to an activating group) is 1. The van der Waals surface area contributed by atoms with Crippen LogP contribution in [0.5, 0.6) is 0 Å². The standard InChI is InChI=1S/C12H20N2O3S/c1-9-7-18-11(16)14(9)6-5-10(15)13(4)8-12(2,3)17/h7,17H,5-6,8H2,1-4H3. The topological polar surface area (TPSA) is 62.5 Å². The van der Waals surface area contributed by atoms with Crippen LogP contribution in [0.2, 0.25) is 0 Å². The lowest BCUT2D eigenvalue weighted by Crippen LogP contribution is -2.40. The molecule has 0 atom stereocenters. The minimum atomic E-state index is -0.903. The number of aromatic nitrogens is 1. The number of hydrogen-bond acceptors (Lipinski definition) is 4. The summed E-state index contributed by atoms with van der Waals surface area (Å²) in [4.78, 5) is 24.8. The van der Waals surface area contributed by atoms with E-state index in [1.165, 1.54) is 4.90 Å². The predicted octanol–water partition coefficient (Wildman–Crippen LogP) is 0.838. The first kappa shape index (κ1) is 14.9. The van der Waals surface area contributed by atoms with Crippen molar-refractivity contribution in [2.75, 3.05) is 13.6 Å². The van der Waals surface area contributed by atoms with E-state index in [0.717, 1.165) is 17.0 Å². The molecule has 0 aromatic carbocycles. The molecule has 1 rings (SSSR count).